The molecule has 0 bridgehead atoms. The molecule has 0 aromatic heterocycles. The van der Waals surface area contributed by atoms with Crippen LogP contribution >= 0.6 is 0 Å². The predicted molar refractivity (Wildman–Crippen MR) is 60.6 cm³/mol. The lowest BCUT2D eigenvalue weighted by atomic mass is 10.1. The van der Waals surface area contributed by atoms with Crippen molar-refractivity contribution >= 4 is 11.6 Å². The van der Waals surface area contributed by atoms with E-state index in [9.17, 15) is 4.79 Å². The smallest absolute Gasteiger partial charge is 0.250 e. The van der Waals surface area contributed by atoms with Crippen molar-refractivity contribution in [1.82, 2.24) is 0 Å². The van der Waals surface area contributed by atoms with E-state index >= 15 is 0 Å². The fraction of sp³-hybridized carbons (Fsp3) is 0.250. The van der Waals surface area contributed by atoms with Gasteiger partial charge in [0.15, 0.2) is 0 Å². The minimum atomic E-state index is -0.0331. The van der Waals surface area contributed by atoms with Gasteiger partial charge >= 0.3 is 0 Å². The molecule has 0 unspecified atom stereocenters. The molecule has 0 radical (unpaired) electrons. The van der Waals surface area contributed by atoms with Crippen LogP contribution in [0.3, 0.4) is 0 Å². The van der Waals surface area contributed by atoms with Crippen molar-refractivity contribution < 1.29 is 4.79 Å². The van der Waals surface area contributed by atoms with Crippen LogP contribution < -0.4 is 10.6 Å². The third-order valence-electron chi connectivity index (χ3n) is 2.72. The minimum absolute atomic E-state index is 0.0331. The van der Waals surface area contributed by atoms with Crippen LogP contribution in [0.5, 0.6) is 0 Å². The molecule has 3 nitrogen and oxygen atoms in total. The number of nitrogens with zero attached hydrogens (tertiary/aromatic N) is 1. The molecule has 3 heteroatoms. The standard InChI is InChI=1S/C12H14N2O/c1-2-12(15)14-6-5-10-7-9(8-13)3-4-11(10)14/h2-4,7H,1,5-6,8,13H2. The van der Waals surface area contributed by atoms with Crippen molar-refractivity contribution in [3.63, 3.8) is 0 Å². The number of carbonyl (C=O) groups is 1. The Morgan fingerprint density at radius 3 is 3.07 bits per heavy atom. The van der Waals surface area contributed by atoms with E-state index in [0.29, 0.717) is 6.54 Å². The van der Waals surface area contributed by atoms with Crippen molar-refractivity contribution in [2.75, 3.05) is 11.4 Å². The molecule has 1 aliphatic heterocycles. The maximum Gasteiger partial charge on any atom is 0.250 e. The lowest BCUT2D eigenvalue weighted by Gasteiger charge is -2.14. The molecular formula is C12H14N2O. The summed E-state index contributed by atoms with van der Waals surface area (Å²) in [6.45, 7) is 4.79. The van der Waals surface area contributed by atoms with Crippen molar-refractivity contribution in [1.29, 1.82) is 0 Å². The van der Waals surface area contributed by atoms with E-state index in [-0.39, 0.29) is 5.91 Å². The summed E-state index contributed by atoms with van der Waals surface area (Å²) in [6, 6.07) is 6.01. The molecule has 2 N–H and O–H groups in total. The van der Waals surface area contributed by atoms with E-state index in [1.807, 2.05) is 12.1 Å². The largest absolute Gasteiger partial charge is 0.326 e. The monoisotopic (exact) mass is 202 g/mol. The third kappa shape index (κ3) is 1.66. The first-order chi connectivity index (χ1) is 7.26. The van der Waals surface area contributed by atoms with E-state index in [4.69, 9.17) is 5.73 Å². The van der Waals surface area contributed by atoms with Crippen LogP contribution in [0.2, 0.25) is 0 Å². The lowest BCUT2D eigenvalue weighted by Crippen LogP contribution is -2.26. The summed E-state index contributed by atoms with van der Waals surface area (Å²) >= 11 is 0. The highest BCUT2D eigenvalue weighted by Crippen LogP contribution is 2.28. The summed E-state index contributed by atoms with van der Waals surface area (Å²) in [5.74, 6) is -0.0331. The van der Waals surface area contributed by atoms with Gasteiger partial charge in [-0.15, -0.1) is 0 Å². The molecule has 1 amide bonds. The van der Waals surface area contributed by atoms with Crippen LogP contribution in [0.25, 0.3) is 0 Å². The zero-order valence-corrected chi connectivity index (χ0v) is 8.57. The number of anilines is 1. The summed E-state index contributed by atoms with van der Waals surface area (Å²) in [6.07, 6.45) is 2.26. The number of rotatable bonds is 2. The fourth-order valence-corrected chi connectivity index (χ4v) is 1.92. The number of carbonyl (C=O) groups excluding carboxylic acids is 1. The topological polar surface area (TPSA) is 46.3 Å². The molecule has 0 fully saturated rings. The third-order valence-corrected chi connectivity index (χ3v) is 2.72. The van der Waals surface area contributed by atoms with E-state index in [2.05, 4.69) is 12.6 Å². The summed E-state index contributed by atoms with van der Waals surface area (Å²) in [7, 11) is 0. The van der Waals surface area contributed by atoms with Crippen molar-refractivity contribution in [2.24, 2.45) is 5.73 Å². The molecule has 1 heterocycles. The highest BCUT2D eigenvalue weighted by atomic mass is 16.2. The summed E-state index contributed by atoms with van der Waals surface area (Å²) < 4.78 is 0. The average Bonchev–Trinajstić information content (AvgIpc) is 2.70. The van der Waals surface area contributed by atoms with Crippen LogP contribution in [-0.4, -0.2) is 12.5 Å². The average molecular weight is 202 g/mol. The minimum Gasteiger partial charge on any atom is -0.326 e. The molecule has 1 aliphatic rings. The van der Waals surface area contributed by atoms with Gasteiger partial charge in [0.25, 0.3) is 0 Å². The molecule has 0 aliphatic carbocycles. The zero-order chi connectivity index (χ0) is 10.8. The Morgan fingerprint density at radius 2 is 2.40 bits per heavy atom. The molecule has 15 heavy (non-hydrogen) atoms. The van der Waals surface area contributed by atoms with Gasteiger partial charge in [0.05, 0.1) is 0 Å². The van der Waals surface area contributed by atoms with Gasteiger partial charge in [0.1, 0.15) is 0 Å². The van der Waals surface area contributed by atoms with Gasteiger partial charge in [-0.2, -0.15) is 0 Å². The first-order valence-corrected chi connectivity index (χ1v) is 5.02. The summed E-state index contributed by atoms with van der Waals surface area (Å²) in [5, 5.41) is 0. The molecule has 1 aromatic rings. The van der Waals surface area contributed by atoms with Gasteiger partial charge in [-0.3, -0.25) is 4.79 Å². The quantitative estimate of drug-likeness (QED) is 0.733. The molecule has 0 saturated carbocycles. The maximum absolute atomic E-state index is 11.5. The second-order valence-electron chi connectivity index (χ2n) is 3.61. The Balaban J connectivity index is 2.36. The number of fused-ring (bicyclic) bond motifs is 1. The van der Waals surface area contributed by atoms with Gasteiger partial charge in [-0.25, -0.2) is 0 Å². The first-order valence-electron chi connectivity index (χ1n) is 5.02. The van der Waals surface area contributed by atoms with Crippen LogP contribution in [0, 0.1) is 0 Å². The Morgan fingerprint density at radius 1 is 1.60 bits per heavy atom. The maximum atomic E-state index is 11.5. The van der Waals surface area contributed by atoms with E-state index in [1.165, 1.54) is 11.6 Å². The number of hydrogen-bond donors (Lipinski definition) is 1. The number of amides is 1. The molecule has 0 atom stereocenters. The second-order valence-corrected chi connectivity index (χ2v) is 3.61. The Kier molecular flexibility index (Phi) is 2.56. The SMILES string of the molecule is C=CC(=O)N1CCc2cc(CN)ccc21. The van der Waals surface area contributed by atoms with E-state index in [0.717, 1.165) is 24.2 Å². The molecular weight excluding hydrogens is 188 g/mol. The Labute approximate surface area is 89.2 Å². The lowest BCUT2D eigenvalue weighted by molar-refractivity contribution is -0.114. The summed E-state index contributed by atoms with van der Waals surface area (Å²) in [4.78, 5) is 13.3. The van der Waals surface area contributed by atoms with Gasteiger partial charge in [-0.05, 0) is 29.7 Å². The Hall–Kier alpha value is -1.61. The first kappa shape index (κ1) is 9.93. The predicted octanol–water partition coefficient (Wildman–Crippen LogP) is 1.22. The van der Waals surface area contributed by atoms with Crippen LogP contribution in [0.4, 0.5) is 5.69 Å². The van der Waals surface area contributed by atoms with Crippen molar-refractivity contribution in [3.8, 4) is 0 Å². The highest BCUT2D eigenvalue weighted by Gasteiger charge is 2.22. The summed E-state index contributed by atoms with van der Waals surface area (Å²) in [5.41, 5.74) is 8.88. The van der Waals surface area contributed by atoms with Crippen LogP contribution in [0.15, 0.2) is 30.9 Å². The van der Waals surface area contributed by atoms with Gasteiger partial charge in [0, 0.05) is 18.8 Å². The highest BCUT2D eigenvalue weighted by molar-refractivity contribution is 6.02. The number of hydrogen-bond acceptors (Lipinski definition) is 2. The Bertz CT molecular complexity index is 412. The normalized spacial score (nSPS) is 13.8. The van der Waals surface area contributed by atoms with Crippen molar-refractivity contribution in [3.05, 3.63) is 42.0 Å². The van der Waals surface area contributed by atoms with Crippen molar-refractivity contribution in [2.45, 2.75) is 13.0 Å². The van der Waals surface area contributed by atoms with Gasteiger partial charge in [0.2, 0.25) is 5.91 Å². The van der Waals surface area contributed by atoms with E-state index in [1.54, 1.807) is 4.90 Å². The fourth-order valence-electron chi connectivity index (χ4n) is 1.92. The molecule has 0 spiro atoms. The second kappa shape index (κ2) is 3.87. The zero-order valence-electron chi connectivity index (χ0n) is 8.57. The van der Waals surface area contributed by atoms with Crippen LogP contribution in [0.1, 0.15) is 11.1 Å². The molecule has 78 valence electrons. The molecule has 0 saturated heterocycles. The van der Waals surface area contributed by atoms with Gasteiger partial charge < -0.3 is 10.6 Å². The van der Waals surface area contributed by atoms with Gasteiger partial charge in [-0.1, -0.05) is 18.7 Å². The number of nitrogens with two attached hydrogens (primary N) is 1. The molecule has 1 aromatic carbocycles. The van der Waals surface area contributed by atoms with Crippen LogP contribution in [-0.2, 0) is 17.8 Å². The number of benzene rings is 1. The molecule has 2 rings (SSSR count). The van der Waals surface area contributed by atoms with E-state index < -0.39 is 0 Å².